The van der Waals surface area contributed by atoms with Crippen LogP contribution in [0.5, 0.6) is 5.88 Å². The second kappa shape index (κ2) is 5.82. The number of ether oxygens (including phenoxy) is 1. The lowest BCUT2D eigenvalue weighted by atomic mass is 9.92. The van der Waals surface area contributed by atoms with Gasteiger partial charge in [-0.05, 0) is 5.88 Å². The van der Waals surface area contributed by atoms with E-state index in [1.165, 1.54) is 0 Å². The molecule has 10 nitrogen and oxygen atoms in total. The molecule has 22 heavy (non-hydrogen) atoms. The Bertz CT molecular complexity index is 679. The summed E-state index contributed by atoms with van der Waals surface area (Å²) in [4.78, 5) is 23.8. The molecule has 0 bridgehead atoms. The molecule has 0 amide bonds. The Morgan fingerprint density at radius 1 is 1.09 bits per heavy atom. The van der Waals surface area contributed by atoms with Crippen molar-refractivity contribution in [2.24, 2.45) is 14.1 Å². The van der Waals surface area contributed by atoms with Crippen LogP contribution < -0.4 is 16.4 Å². The fourth-order valence-electron chi connectivity index (χ4n) is 2.44. The van der Waals surface area contributed by atoms with Crippen molar-refractivity contribution in [3.05, 3.63) is 26.4 Å². The van der Waals surface area contributed by atoms with E-state index in [9.17, 15) is 30.0 Å². The molecule has 1 aliphatic rings. The van der Waals surface area contributed by atoms with Crippen molar-refractivity contribution in [1.29, 1.82) is 0 Å². The van der Waals surface area contributed by atoms with Crippen LogP contribution >= 0.6 is 0 Å². The van der Waals surface area contributed by atoms with Crippen LogP contribution in [0, 0.1) is 0 Å². The van der Waals surface area contributed by atoms with Crippen molar-refractivity contribution < 1.29 is 30.3 Å². The first-order valence-electron chi connectivity index (χ1n) is 6.49. The van der Waals surface area contributed by atoms with Crippen molar-refractivity contribution in [3.63, 3.8) is 0 Å². The van der Waals surface area contributed by atoms with Gasteiger partial charge in [0.15, 0.2) is 0 Å². The zero-order chi connectivity index (χ0) is 16.8. The molecular weight excluding hydrogens is 300 g/mol. The first kappa shape index (κ1) is 16.6. The topological polar surface area (TPSA) is 157 Å². The average Bonchev–Trinajstić information content (AvgIpc) is 2.51. The molecule has 0 spiro atoms. The molecule has 5 atom stereocenters. The Kier molecular flexibility index (Phi) is 4.40. The summed E-state index contributed by atoms with van der Waals surface area (Å²) in [6, 6.07) is 0. The maximum Gasteiger partial charge on any atom is 0.329 e. The molecule has 1 unspecified atom stereocenters. The fourth-order valence-corrected chi connectivity index (χ4v) is 2.44. The quantitative estimate of drug-likeness (QED) is 0.426. The third kappa shape index (κ3) is 2.34. The van der Waals surface area contributed by atoms with E-state index >= 15 is 0 Å². The number of aromatic nitrogens is 2. The van der Waals surface area contributed by atoms with Crippen LogP contribution in [0.25, 0.3) is 0 Å². The van der Waals surface area contributed by atoms with Crippen molar-refractivity contribution >= 4 is 0 Å². The number of rotatable bonds is 2. The van der Waals surface area contributed by atoms with Gasteiger partial charge in [0.25, 0.3) is 5.56 Å². The smallest absolute Gasteiger partial charge is 0.329 e. The molecule has 0 saturated carbocycles. The molecule has 1 aromatic rings. The van der Waals surface area contributed by atoms with E-state index in [2.05, 4.69) is 0 Å². The molecule has 0 radical (unpaired) electrons. The van der Waals surface area contributed by atoms with Crippen LogP contribution in [0.4, 0.5) is 0 Å². The van der Waals surface area contributed by atoms with Gasteiger partial charge in [-0.1, -0.05) is 0 Å². The molecule has 2 rings (SSSR count). The third-order valence-corrected chi connectivity index (χ3v) is 3.82. The standard InChI is InChI=1S/C12H18N2O8/c1-13-10(19)5(11(20)14(2)12(13)21)9-8(18)7(17)6(16)4(3-15)22-9/h4,6-9,15-19H,3H2,1-2H3/p-1/t4-,6-,7+,8+,9?/m1/s1. The molecule has 0 aromatic carbocycles. The monoisotopic (exact) mass is 317 g/mol. The van der Waals surface area contributed by atoms with Crippen molar-refractivity contribution in [2.75, 3.05) is 6.61 Å². The Morgan fingerprint density at radius 2 is 1.68 bits per heavy atom. The highest BCUT2D eigenvalue weighted by molar-refractivity contribution is 5.27. The van der Waals surface area contributed by atoms with E-state index in [4.69, 9.17) is 9.84 Å². The third-order valence-electron chi connectivity index (χ3n) is 3.82. The number of hydrogen-bond donors (Lipinski definition) is 4. The first-order chi connectivity index (χ1) is 10.2. The van der Waals surface area contributed by atoms with Gasteiger partial charge in [-0.2, -0.15) is 0 Å². The molecule has 0 aliphatic carbocycles. The Morgan fingerprint density at radius 3 is 2.23 bits per heavy atom. The van der Waals surface area contributed by atoms with Gasteiger partial charge in [0, 0.05) is 14.1 Å². The number of aliphatic hydroxyl groups is 4. The molecule has 4 N–H and O–H groups in total. The first-order valence-corrected chi connectivity index (χ1v) is 6.49. The van der Waals surface area contributed by atoms with Gasteiger partial charge in [-0.25, -0.2) is 4.79 Å². The highest BCUT2D eigenvalue weighted by Gasteiger charge is 2.45. The minimum absolute atomic E-state index is 0.554. The maximum absolute atomic E-state index is 12.1. The zero-order valence-corrected chi connectivity index (χ0v) is 11.9. The molecule has 10 heteroatoms. The Hall–Kier alpha value is -1.72. The molecule has 2 heterocycles. The van der Waals surface area contributed by atoms with Gasteiger partial charge in [0.1, 0.15) is 30.5 Å². The van der Waals surface area contributed by atoms with Crippen LogP contribution in [-0.2, 0) is 18.8 Å². The molecule has 1 fully saturated rings. The van der Waals surface area contributed by atoms with Crippen LogP contribution in [-0.4, -0.2) is 60.6 Å². The molecule has 1 saturated heterocycles. The lowest BCUT2D eigenvalue weighted by molar-refractivity contribution is -0.287. The van der Waals surface area contributed by atoms with E-state index in [1.807, 2.05) is 0 Å². The zero-order valence-electron chi connectivity index (χ0n) is 11.9. The predicted octanol–water partition coefficient (Wildman–Crippen LogP) is -4.33. The van der Waals surface area contributed by atoms with Crippen molar-refractivity contribution in [2.45, 2.75) is 30.5 Å². The van der Waals surface area contributed by atoms with Crippen LogP contribution in [0.3, 0.4) is 0 Å². The summed E-state index contributed by atoms with van der Waals surface area (Å²) in [6.07, 6.45) is -7.94. The Balaban J connectivity index is 2.61. The van der Waals surface area contributed by atoms with Gasteiger partial charge >= 0.3 is 5.69 Å². The SMILES string of the molecule is Cn1c([O-])c(C2O[C@H](CO)[C@@H](O)[C@H](O)[C@@H]2O)c(=O)n(C)c1=O. The van der Waals surface area contributed by atoms with E-state index in [0.717, 1.165) is 14.1 Å². The molecule has 124 valence electrons. The lowest BCUT2D eigenvalue weighted by Gasteiger charge is -2.41. The van der Waals surface area contributed by atoms with Gasteiger partial charge in [0.2, 0.25) is 0 Å². The van der Waals surface area contributed by atoms with Crippen LogP contribution in [0.15, 0.2) is 9.59 Å². The minimum Gasteiger partial charge on any atom is -0.860 e. The number of aliphatic hydroxyl groups excluding tert-OH is 4. The number of nitrogens with zero attached hydrogens (tertiary/aromatic N) is 2. The van der Waals surface area contributed by atoms with Gasteiger partial charge in [0.05, 0.1) is 12.2 Å². The van der Waals surface area contributed by atoms with E-state index in [1.54, 1.807) is 0 Å². The van der Waals surface area contributed by atoms with Crippen LogP contribution in [0.2, 0.25) is 0 Å². The van der Waals surface area contributed by atoms with E-state index in [-0.39, 0.29) is 0 Å². The summed E-state index contributed by atoms with van der Waals surface area (Å²) < 4.78 is 6.52. The summed E-state index contributed by atoms with van der Waals surface area (Å²) in [5.41, 5.74) is -2.37. The molecule has 1 aromatic heterocycles. The predicted molar refractivity (Wildman–Crippen MR) is 69.1 cm³/mol. The average molecular weight is 317 g/mol. The highest BCUT2D eigenvalue weighted by Crippen LogP contribution is 2.33. The van der Waals surface area contributed by atoms with E-state index in [0.29, 0.717) is 9.13 Å². The summed E-state index contributed by atoms with van der Waals surface area (Å²) in [7, 11) is 2.30. The van der Waals surface area contributed by atoms with E-state index < -0.39 is 59.8 Å². The van der Waals surface area contributed by atoms with Gasteiger partial charge in [-0.15, -0.1) is 0 Å². The maximum atomic E-state index is 12.1. The molecular formula is C12H17N2O8-. The lowest BCUT2D eigenvalue weighted by Crippen LogP contribution is -2.56. The van der Waals surface area contributed by atoms with Crippen molar-refractivity contribution in [3.8, 4) is 5.88 Å². The minimum atomic E-state index is -1.77. The normalized spacial score (nSPS) is 32.2. The highest BCUT2D eigenvalue weighted by atomic mass is 16.5. The van der Waals surface area contributed by atoms with Crippen LogP contribution in [0.1, 0.15) is 11.7 Å². The second-order valence-corrected chi connectivity index (χ2v) is 5.17. The summed E-state index contributed by atoms with van der Waals surface area (Å²) in [5.74, 6) is -0.975. The summed E-state index contributed by atoms with van der Waals surface area (Å²) >= 11 is 0. The van der Waals surface area contributed by atoms with Gasteiger partial charge in [-0.3, -0.25) is 9.36 Å². The molecule has 1 aliphatic heterocycles. The number of hydrogen-bond acceptors (Lipinski definition) is 8. The second-order valence-electron chi connectivity index (χ2n) is 5.17. The van der Waals surface area contributed by atoms with Crippen molar-refractivity contribution in [1.82, 2.24) is 9.13 Å². The summed E-state index contributed by atoms with van der Waals surface area (Å²) in [5, 5.41) is 50.7. The van der Waals surface area contributed by atoms with Gasteiger partial charge < -0.3 is 34.8 Å². The Labute approximate surface area is 124 Å². The summed E-state index contributed by atoms with van der Waals surface area (Å²) in [6.45, 7) is -0.693. The largest absolute Gasteiger partial charge is 0.860 e. The fraction of sp³-hybridized carbons (Fsp3) is 0.667.